The van der Waals surface area contributed by atoms with Crippen LogP contribution < -0.4 is 5.73 Å². The first-order chi connectivity index (χ1) is 9.59. The fourth-order valence-electron chi connectivity index (χ4n) is 1.82. The average Bonchev–Trinajstić information content (AvgIpc) is 2.86. The van der Waals surface area contributed by atoms with Gasteiger partial charge < -0.3 is 10.3 Å². The number of halogens is 3. The second-order valence-corrected chi connectivity index (χ2v) is 5.81. The van der Waals surface area contributed by atoms with Gasteiger partial charge >= 0.3 is 12.1 Å². The lowest BCUT2D eigenvalue weighted by atomic mass is 9.86. The zero-order valence-corrected chi connectivity index (χ0v) is 11.9. The number of nitrogens with zero attached hydrogens (tertiary/aromatic N) is 2. The van der Waals surface area contributed by atoms with Crippen LogP contribution in [0.2, 0.25) is 0 Å². The van der Waals surface area contributed by atoms with Gasteiger partial charge in [0.15, 0.2) is 5.82 Å². The summed E-state index contributed by atoms with van der Waals surface area (Å²) in [4.78, 5) is 3.30. The zero-order valence-electron chi connectivity index (χ0n) is 11.9. The third-order valence-corrected chi connectivity index (χ3v) is 3.10. The molecule has 0 spiro atoms. The molecule has 0 aliphatic heterocycles. The topological polar surface area (TPSA) is 64.9 Å². The van der Waals surface area contributed by atoms with E-state index in [2.05, 4.69) is 35.4 Å². The number of rotatable bonds is 2. The van der Waals surface area contributed by atoms with E-state index in [4.69, 9.17) is 5.73 Å². The fourth-order valence-corrected chi connectivity index (χ4v) is 1.82. The molecule has 0 aliphatic carbocycles. The number of nitrogens with two attached hydrogens (primary N) is 1. The molecule has 1 heterocycles. The molecule has 2 rings (SSSR count). The van der Waals surface area contributed by atoms with Crippen LogP contribution in [0.15, 0.2) is 28.8 Å². The first kappa shape index (κ1) is 15.5. The lowest BCUT2D eigenvalue weighted by Crippen LogP contribution is -2.16. The normalized spacial score (nSPS) is 14.2. The molecule has 1 unspecified atom stereocenters. The Hall–Kier alpha value is -1.89. The van der Waals surface area contributed by atoms with Crippen molar-refractivity contribution in [2.24, 2.45) is 5.73 Å². The number of benzene rings is 1. The molecule has 114 valence electrons. The van der Waals surface area contributed by atoms with Gasteiger partial charge in [-0.3, -0.25) is 0 Å². The fraction of sp³-hybridized carbons (Fsp3) is 0.429. The molecule has 1 aromatic heterocycles. The average molecular weight is 299 g/mol. The molecule has 2 aromatic rings. The Morgan fingerprint density at radius 3 is 2.10 bits per heavy atom. The Kier molecular flexibility index (Phi) is 3.79. The molecule has 0 aliphatic rings. The second-order valence-electron chi connectivity index (χ2n) is 5.81. The van der Waals surface area contributed by atoms with Gasteiger partial charge in [0.2, 0.25) is 0 Å². The van der Waals surface area contributed by atoms with Crippen LogP contribution in [0.1, 0.15) is 49.7 Å². The molecule has 4 nitrogen and oxygen atoms in total. The predicted octanol–water partition coefficient (Wildman–Crippen LogP) is 3.43. The minimum absolute atomic E-state index is 0.0157. The largest absolute Gasteiger partial charge is 0.471 e. The van der Waals surface area contributed by atoms with E-state index in [0.29, 0.717) is 5.56 Å². The minimum atomic E-state index is -4.67. The highest BCUT2D eigenvalue weighted by Crippen LogP contribution is 2.29. The maximum atomic E-state index is 12.4. The van der Waals surface area contributed by atoms with Gasteiger partial charge in [0.25, 0.3) is 0 Å². The molecule has 1 aromatic carbocycles. The number of hydrogen-bond acceptors (Lipinski definition) is 4. The summed E-state index contributed by atoms with van der Waals surface area (Å²) in [5.41, 5.74) is 7.59. The molecule has 1 atom stereocenters. The summed E-state index contributed by atoms with van der Waals surface area (Å²) in [6.45, 7) is 6.20. The van der Waals surface area contributed by atoms with Crippen LogP contribution >= 0.6 is 0 Å². The van der Waals surface area contributed by atoms with Crippen LogP contribution in [0.5, 0.6) is 0 Å². The first-order valence-electron chi connectivity index (χ1n) is 6.36. The van der Waals surface area contributed by atoms with E-state index < -0.39 is 18.1 Å². The summed E-state index contributed by atoms with van der Waals surface area (Å²) in [5.74, 6) is -1.58. The van der Waals surface area contributed by atoms with Crippen LogP contribution in [-0.2, 0) is 11.6 Å². The maximum Gasteiger partial charge on any atom is 0.471 e. The van der Waals surface area contributed by atoms with E-state index in [9.17, 15) is 13.2 Å². The molecule has 0 saturated heterocycles. The monoisotopic (exact) mass is 299 g/mol. The van der Waals surface area contributed by atoms with Crippen molar-refractivity contribution in [1.82, 2.24) is 10.1 Å². The van der Waals surface area contributed by atoms with Crippen molar-refractivity contribution >= 4 is 0 Å². The minimum Gasteiger partial charge on any atom is -0.329 e. The van der Waals surface area contributed by atoms with Crippen molar-refractivity contribution in [3.05, 3.63) is 47.1 Å². The van der Waals surface area contributed by atoms with Gasteiger partial charge in [-0.25, -0.2) is 0 Å². The van der Waals surface area contributed by atoms with Crippen molar-refractivity contribution in [2.75, 3.05) is 0 Å². The van der Waals surface area contributed by atoms with Gasteiger partial charge in [0.1, 0.15) is 0 Å². The van der Waals surface area contributed by atoms with Crippen LogP contribution in [0.25, 0.3) is 0 Å². The molecule has 0 amide bonds. The van der Waals surface area contributed by atoms with Crippen LogP contribution in [0.4, 0.5) is 13.2 Å². The zero-order chi connectivity index (χ0) is 15.8. The van der Waals surface area contributed by atoms with Crippen LogP contribution in [-0.4, -0.2) is 10.1 Å². The lowest BCUT2D eigenvalue weighted by molar-refractivity contribution is -0.159. The molecular formula is C14H16F3N3O. The van der Waals surface area contributed by atoms with Crippen molar-refractivity contribution in [3.8, 4) is 0 Å². The summed E-state index contributed by atoms with van der Waals surface area (Å²) in [7, 11) is 0. The van der Waals surface area contributed by atoms with Gasteiger partial charge in [0, 0.05) is 0 Å². The van der Waals surface area contributed by atoms with Gasteiger partial charge in [-0.1, -0.05) is 50.2 Å². The highest BCUT2D eigenvalue weighted by atomic mass is 19.4. The van der Waals surface area contributed by atoms with Gasteiger partial charge in [-0.15, -0.1) is 0 Å². The third kappa shape index (κ3) is 3.41. The van der Waals surface area contributed by atoms with Crippen molar-refractivity contribution in [1.29, 1.82) is 0 Å². The van der Waals surface area contributed by atoms with E-state index in [1.54, 1.807) is 12.1 Å². The van der Waals surface area contributed by atoms with E-state index >= 15 is 0 Å². The van der Waals surface area contributed by atoms with E-state index in [-0.39, 0.29) is 11.2 Å². The standard InChI is InChI=1S/C14H16F3N3O/c1-13(2,3)9-6-4-8(5-7-9)10(18)11-19-12(21-20-11)14(15,16)17/h4-7,10H,18H2,1-3H3. The number of alkyl halides is 3. The Morgan fingerprint density at radius 2 is 1.67 bits per heavy atom. The smallest absolute Gasteiger partial charge is 0.329 e. The van der Waals surface area contributed by atoms with Crippen molar-refractivity contribution in [2.45, 2.75) is 38.4 Å². The predicted molar refractivity (Wildman–Crippen MR) is 70.5 cm³/mol. The SMILES string of the molecule is CC(C)(C)c1ccc(C(N)c2noc(C(F)(F)F)n2)cc1. The summed E-state index contributed by atoms with van der Waals surface area (Å²) >= 11 is 0. The van der Waals surface area contributed by atoms with Gasteiger partial charge in [-0.05, 0) is 16.5 Å². The summed E-state index contributed by atoms with van der Waals surface area (Å²) < 4.78 is 41.4. The van der Waals surface area contributed by atoms with Crippen LogP contribution in [0.3, 0.4) is 0 Å². The summed E-state index contributed by atoms with van der Waals surface area (Å²) in [6, 6.07) is 6.43. The Morgan fingerprint density at radius 1 is 1.10 bits per heavy atom. The molecular weight excluding hydrogens is 283 g/mol. The molecule has 0 bridgehead atoms. The third-order valence-electron chi connectivity index (χ3n) is 3.10. The number of aromatic nitrogens is 2. The van der Waals surface area contributed by atoms with Gasteiger partial charge in [0.05, 0.1) is 6.04 Å². The van der Waals surface area contributed by atoms with E-state index in [1.807, 2.05) is 12.1 Å². The second kappa shape index (κ2) is 5.14. The van der Waals surface area contributed by atoms with Crippen LogP contribution in [0, 0.1) is 0 Å². The van der Waals surface area contributed by atoms with E-state index in [0.717, 1.165) is 5.56 Å². The van der Waals surface area contributed by atoms with Crippen molar-refractivity contribution < 1.29 is 17.7 Å². The number of hydrogen-bond donors (Lipinski definition) is 1. The quantitative estimate of drug-likeness (QED) is 0.922. The molecule has 21 heavy (non-hydrogen) atoms. The van der Waals surface area contributed by atoms with E-state index in [1.165, 1.54) is 0 Å². The molecule has 0 radical (unpaired) electrons. The van der Waals surface area contributed by atoms with Crippen molar-refractivity contribution in [3.63, 3.8) is 0 Å². The highest BCUT2D eigenvalue weighted by Gasteiger charge is 2.39. The Bertz CT molecular complexity index is 612. The summed E-state index contributed by atoms with van der Waals surface area (Å²) in [5, 5.41) is 3.30. The maximum absolute atomic E-state index is 12.4. The first-order valence-corrected chi connectivity index (χ1v) is 6.36. The molecule has 2 N–H and O–H groups in total. The Labute approximate surface area is 120 Å². The molecule has 0 fully saturated rings. The summed E-state index contributed by atoms with van der Waals surface area (Å²) in [6.07, 6.45) is -4.67. The molecule has 7 heteroatoms. The Balaban J connectivity index is 2.24. The molecule has 0 saturated carbocycles. The lowest BCUT2D eigenvalue weighted by Gasteiger charge is -2.19. The van der Waals surface area contributed by atoms with Gasteiger partial charge in [-0.2, -0.15) is 18.2 Å². The highest BCUT2D eigenvalue weighted by molar-refractivity contribution is 5.31.